The van der Waals surface area contributed by atoms with Crippen LogP contribution >= 0.6 is 0 Å². The van der Waals surface area contributed by atoms with Crippen LogP contribution in [0.5, 0.6) is 11.5 Å². The first-order valence-electron chi connectivity index (χ1n) is 10.7. The van der Waals surface area contributed by atoms with Crippen LogP contribution in [0.3, 0.4) is 0 Å². The first kappa shape index (κ1) is 20.7. The van der Waals surface area contributed by atoms with Crippen LogP contribution in [0.25, 0.3) is 0 Å². The third-order valence-corrected chi connectivity index (χ3v) is 5.52. The molecule has 0 spiro atoms. The maximum atomic E-state index is 12.1. The summed E-state index contributed by atoms with van der Waals surface area (Å²) in [6.45, 7) is 1.56. The zero-order valence-corrected chi connectivity index (χ0v) is 17.4. The van der Waals surface area contributed by atoms with Gasteiger partial charge < -0.3 is 19.9 Å². The molecule has 160 valence electrons. The molecule has 4 rings (SSSR count). The Morgan fingerprint density at radius 2 is 1.73 bits per heavy atom. The summed E-state index contributed by atoms with van der Waals surface area (Å²) in [5, 5.41) is 13.5. The molecule has 0 radical (unpaired) electrons. The average molecular weight is 411 g/mol. The number of nitrogens with one attached hydrogen (secondary N) is 1. The summed E-state index contributed by atoms with van der Waals surface area (Å²) in [4.78, 5) is 14.4. The van der Waals surface area contributed by atoms with Crippen LogP contribution in [-0.2, 0) is 6.54 Å². The Kier molecular flexibility index (Phi) is 6.55. The van der Waals surface area contributed by atoms with E-state index >= 15 is 0 Å². The van der Waals surface area contributed by atoms with E-state index in [2.05, 4.69) is 10.2 Å². The van der Waals surface area contributed by atoms with Crippen molar-refractivity contribution in [3.63, 3.8) is 0 Å². The molecule has 2 aliphatic carbocycles. The Hall–Kier alpha value is -2.57. The van der Waals surface area contributed by atoms with Crippen LogP contribution in [0, 0.1) is 0 Å². The second kappa shape index (κ2) is 9.49. The fraction of sp³-hybridized carbons (Fsp3) is 0.458. The van der Waals surface area contributed by atoms with Crippen molar-refractivity contribution in [1.82, 2.24) is 10.2 Å². The first-order chi connectivity index (χ1) is 14.6. The van der Waals surface area contributed by atoms with E-state index < -0.39 is 6.10 Å². The molecule has 0 saturated heterocycles. The number of amides is 1. The van der Waals surface area contributed by atoms with Crippen molar-refractivity contribution < 1.29 is 19.4 Å². The number of nitrogens with zero attached hydrogens (tertiary/aromatic N) is 1. The molecule has 2 aromatic rings. The van der Waals surface area contributed by atoms with E-state index in [0.29, 0.717) is 29.9 Å². The molecule has 0 heterocycles. The zero-order chi connectivity index (χ0) is 20.9. The normalized spacial score (nSPS) is 16.9. The lowest BCUT2D eigenvalue weighted by Gasteiger charge is -2.25. The molecule has 6 heteroatoms. The molecular formula is C24H30N2O4. The predicted octanol–water partition coefficient (Wildman–Crippen LogP) is 2.99. The Morgan fingerprint density at radius 3 is 2.33 bits per heavy atom. The topological polar surface area (TPSA) is 71.0 Å². The van der Waals surface area contributed by atoms with Gasteiger partial charge in [-0.25, -0.2) is 0 Å². The van der Waals surface area contributed by atoms with E-state index in [0.717, 1.165) is 43.5 Å². The van der Waals surface area contributed by atoms with Crippen molar-refractivity contribution in [3.8, 4) is 11.5 Å². The van der Waals surface area contributed by atoms with Gasteiger partial charge in [0.1, 0.15) is 24.2 Å². The number of carbonyl (C=O) groups excluding carboxylic acids is 1. The number of rotatable bonds is 11. The second-order valence-electron chi connectivity index (χ2n) is 8.25. The molecule has 0 aliphatic heterocycles. The Bertz CT molecular complexity index is 829. The highest BCUT2D eigenvalue weighted by atomic mass is 16.5. The van der Waals surface area contributed by atoms with Crippen molar-refractivity contribution in [2.24, 2.45) is 0 Å². The molecule has 2 N–H and O–H groups in total. The summed E-state index contributed by atoms with van der Waals surface area (Å²) >= 11 is 0. The molecule has 0 aromatic heterocycles. The van der Waals surface area contributed by atoms with Crippen molar-refractivity contribution in [2.75, 3.05) is 20.3 Å². The van der Waals surface area contributed by atoms with E-state index in [1.807, 2.05) is 48.5 Å². The van der Waals surface area contributed by atoms with Crippen LogP contribution in [0.15, 0.2) is 48.5 Å². The van der Waals surface area contributed by atoms with Crippen LogP contribution in [0.2, 0.25) is 0 Å². The third-order valence-electron chi connectivity index (χ3n) is 5.52. The van der Waals surface area contributed by atoms with Crippen molar-refractivity contribution in [1.29, 1.82) is 0 Å². The van der Waals surface area contributed by atoms with E-state index in [-0.39, 0.29) is 12.5 Å². The van der Waals surface area contributed by atoms with E-state index in [4.69, 9.17) is 9.47 Å². The lowest BCUT2D eigenvalue weighted by molar-refractivity contribution is 0.0626. The summed E-state index contributed by atoms with van der Waals surface area (Å²) < 4.78 is 10.9. The Balaban J connectivity index is 1.27. The molecule has 2 saturated carbocycles. The SMILES string of the molecule is COc1ccc(OCC(O)CN(Cc2ccc(C(=O)NC3CC3)cc2)C2CC2)cc1. The standard InChI is InChI=1S/C24H30N2O4/c1-29-22-10-12-23(13-11-22)30-16-21(27)15-26(20-8-9-20)14-17-2-4-18(5-3-17)24(28)25-19-6-7-19/h2-5,10-13,19-21,27H,6-9,14-16H2,1H3,(H,25,28). The fourth-order valence-corrected chi connectivity index (χ4v) is 3.46. The van der Waals surface area contributed by atoms with Gasteiger partial charge in [0, 0.05) is 30.7 Å². The molecule has 1 amide bonds. The quantitative estimate of drug-likeness (QED) is 0.596. The van der Waals surface area contributed by atoms with Gasteiger partial charge in [-0.15, -0.1) is 0 Å². The summed E-state index contributed by atoms with van der Waals surface area (Å²) in [6.07, 6.45) is 3.92. The van der Waals surface area contributed by atoms with Gasteiger partial charge in [-0.3, -0.25) is 9.69 Å². The van der Waals surface area contributed by atoms with E-state index in [1.54, 1.807) is 7.11 Å². The van der Waals surface area contributed by atoms with Gasteiger partial charge in [0.05, 0.1) is 7.11 Å². The van der Waals surface area contributed by atoms with Crippen molar-refractivity contribution in [3.05, 3.63) is 59.7 Å². The van der Waals surface area contributed by atoms with Crippen molar-refractivity contribution in [2.45, 2.75) is 50.4 Å². The third kappa shape index (κ3) is 5.97. The second-order valence-corrected chi connectivity index (χ2v) is 8.25. The Morgan fingerprint density at radius 1 is 1.07 bits per heavy atom. The molecule has 30 heavy (non-hydrogen) atoms. The van der Waals surface area contributed by atoms with Gasteiger partial charge in [-0.1, -0.05) is 12.1 Å². The number of ether oxygens (including phenoxy) is 2. The maximum absolute atomic E-state index is 12.1. The number of aliphatic hydroxyl groups excluding tert-OH is 1. The zero-order valence-electron chi connectivity index (χ0n) is 17.4. The number of aliphatic hydroxyl groups is 1. The van der Waals surface area contributed by atoms with Crippen molar-refractivity contribution >= 4 is 5.91 Å². The number of hydrogen-bond acceptors (Lipinski definition) is 5. The maximum Gasteiger partial charge on any atom is 0.251 e. The van der Waals surface area contributed by atoms with Gasteiger partial charge in [0.2, 0.25) is 0 Å². The molecule has 1 unspecified atom stereocenters. The molecule has 2 aliphatic rings. The monoisotopic (exact) mass is 410 g/mol. The van der Waals surface area contributed by atoms with E-state index in [1.165, 1.54) is 0 Å². The van der Waals surface area contributed by atoms with Gasteiger partial charge in [-0.05, 0) is 67.6 Å². The molecule has 0 bridgehead atoms. The van der Waals surface area contributed by atoms with Crippen LogP contribution in [-0.4, -0.2) is 54.4 Å². The average Bonchev–Trinajstić information content (AvgIpc) is 3.67. The van der Waals surface area contributed by atoms with Crippen LogP contribution in [0.1, 0.15) is 41.6 Å². The van der Waals surface area contributed by atoms with Crippen LogP contribution < -0.4 is 14.8 Å². The lowest BCUT2D eigenvalue weighted by atomic mass is 10.1. The molecule has 2 aromatic carbocycles. The minimum atomic E-state index is -0.573. The number of hydrogen-bond donors (Lipinski definition) is 2. The van der Waals surface area contributed by atoms with Gasteiger partial charge in [0.25, 0.3) is 5.91 Å². The molecule has 6 nitrogen and oxygen atoms in total. The summed E-state index contributed by atoms with van der Waals surface area (Å²) in [5.74, 6) is 1.50. The number of benzene rings is 2. The fourth-order valence-electron chi connectivity index (χ4n) is 3.46. The lowest BCUT2D eigenvalue weighted by Crippen LogP contribution is -2.36. The smallest absolute Gasteiger partial charge is 0.251 e. The summed E-state index contributed by atoms with van der Waals surface area (Å²) in [6, 6.07) is 16.0. The van der Waals surface area contributed by atoms with Gasteiger partial charge >= 0.3 is 0 Å². The number of methoxy groups -OCH3 is 1. The first-order valence-corrected chi connectivity index (χ1v) is 10.7. The summed E-state index contributed by atoms with van der Waals surface area (Å²) in [5.41, 5.74) is 1.85. The van der Waals surface area contributed by atoms with Gasteiger partial charge in [0.15, 0.2) is 0 Å². The highest BCUT2D eigenvalue weighted by Gasteiger charge is 2.30. The largest absolute Gasteiger partial charge is 0.497 e. The molecular weight excluding hydrogens is 380 g/mol. The Labute approximate surface area is 177 Å². The molecule has 2 fully saturated rings. The minimum Gasteiger partial charge on any atom is -0.497 e. The number of carbonyl (C=O) groups is 1. The predicted molar refractivity (Wildman–Crippen MR) is 115 cm³/mol. The molecule has 1 atom stereocenters. The van der Waals surface area contributed by atoms with Crippen LogP contribution in [0.4, 0.5) is 0 Å². The highest BCUT2D eigenvalue weighted by Crippen LogP contribution is 2.29. The van der Waals surface area contributed by atoms with Gasteiger partial charge in [-0.2, -0.15) is 0 Å². The minimum absolute atomic E-state index is 0.00852. The summed E-state index contributed by atoms with van der Waals surface area (Å²) in [7, 11) is 1.63. The highest BCUT2D eigenvalue weighted by molar-refractivity contribution is 5.94. The van der Waals surface area contributed by atoms with E-state index in [9.17, 15) is 9.90 Å².